The predicted octanol–water partition coefficient (Wildman–Crippen LogP) is 2.60. The highest BCUT2D eigenvalue weighted by atomic mass is 35.5. The summed E-state index contributed by atoms with van der Waals surface area (Å²) in [5.74, 6) is 0.642. The molecule has 1 fully saturated rings. The summed E-state index contributed by atoms with van der Waals surface area (Å²) >= 11 is 7.46. The second-order valence-corrected chi connectivity index (χ2v) is 6.93. The van der Waals surface area contributed by atoms with Crippen LogP contribution in [0.1, 0.15) is 32.6 Å². The highest BCUT2D eigenvalue weighted by Crippen LogP contribution is 2.26. The lowest BCUT2D eigenvalue weighted by Gasteiger charge is -2.27. The van der Waals surface area contributed by atoms with E-state index in [2.05, 4.69) is 10.3 Å². The summed E-state index contributed by atoms with van der Waals surface area (Å²) in [6.07, 6.45) is 5.60. The molecule has 110 valence electrons. The molecule has 0 aromatic carbocycles. The van der Waals surface area contributed by atoms with Gasteiger partial charge >= 0.3 is 0 Å². The fourth-order valence-electron chi connectivity index (χ4n) is 1.99. The van der Waals surface area contributed by atoms with Crippen LogP contribution >= 0.6 is 23.4 Å². The van der Waals surface area contributed by atoms with Crippen molar-refractivity contribution < 1.29 is 4.79 Å². The maximum absolute atomic E-state index is 11.6. The van der Waals surface area contributed by atoms with Crippen molar-refractivity contribution in [2.45, 2.75) is 49.2 Å². The molecule has 1 aliphatic carbocycles. The van der Waals surface area contributed by atoms with Crippen molar-refractivity contribution in [3.05, 3.63) is 23.4 Å². The molecule has 0 aliphatic heterocycles. The number of hydrogen-bond acceptors (Lipinski definition) is 4. The first-order valence-electron chi connectivity index (χ1n) is 6.81. The Kier molecular flexibility index (Phi) is 5.29. The molecular weight excluding hydrogens is 294 g/mol. The van der Waals surface area contributed by atoms with Crippen molar-refractivity contribution in [1.82, 2.24) is 10.3 Å². The molecule has 0 radical (unpaired) electrons. The van der Waals surface area contributed by atoms with Crippen LogP contribution in [0.25, 0.3) is 0 Å². The van der Waals surface area contributed by atoms with E-state index in [1.807, 2.05) is 19.1 Å². The minimum atomic E-state index is -0.588. The highest BCUT2D eigenvalue weighted by molar-refractivity contribution is 7.99. The molecule has 20 heavy (non-hydrogen) atoms. The van der Waals surface area contributed by atoms with E-state index in [9.17, 15) is 4.79 Å². The van der Waals surface area contributed by atoms with Crippen LogP contribution in [0.5, 0.6) is 0 Å². The SMILES string of the molecule is CC(CCCSc1ccc(Cl)cn1)(NC1CC1)C(N)=O. The quantitative estimate of drug-likeness (QED) is 0.572. The Morgan fingerprint density at radius 2 is 2.35 bits per heavy atom. The topological polar surface area (TPSA) is 68.0 Å². The van der Waals surface area contributed by atoms with Crippen molar-refractivity contribution in [2.75, 3.05) is 5.75 Å². The van der Waals surface area contributed by atoms with E-state index in [0.717, 1.165) is 36.5 Å². The van der Waals surface area contributed by atoms with Gasteiger partial charge in [0.1, 0.15) is 0 Å². The van der Waals surface area contributed by atoms with Crippen LogP contribution in [0.15, 0.2) is 23.4 Å². The standard InChI is InChI=1S/C14H20ClN3OS/c1-14(13(16)19,18-11-4-5-11)7-2-8-20-12-6-3-10(15)9-17-12/h3,6,9,11,18H,2,4-5,7-8H2,1H3,(H2,16,19). The van der Waals surface area contributed by atoms with E-state index in [1.54, 1.807) is 18.0 Å². The van der Waals surface area contributed by atoms with Gasteiger partial charge in [0, 0.05) is 12.2 Å². The number of hydrogen-bond donors (Lipinski definition) is 2. The average Bonchev–Trinajstić information content (AvgIpc) is 3.20. The van der Waals surface area contributed by atoms with Crippen LogP contribution in [0.3, 0.4) is 0 Å². The van der Waals surface area contributed by atoms with Gasteiger partial charge in [-0.3, -0.25) is 4.79 Å². The minimum Gasteiger partial charge on any atom is -0.368 e. The van der Waals surface area contributed by atoms with Crippen LogP contribution in [-0.4, -0.2) is 28.2 Å². The van der Waals surface area contributed by atoms with Crippen molar-refractivity contribution in [2.24, 2.45) is 5.73 Å². The smallest absolute Gasteiger partial charge is 0.237 e. The number of amides is 1. The minimum absolute atomic E-state index is 0.265. The zero-order chi connectivity index (χ0) is 14.6. The zero-order valence-electron chi connectivity index (χ0n) is 11.6. The van der Waals surface area contributed by atoms with Crippen LogP contribution in [0.2, 0.25) is 5.02 Å². The van der Waals surface area contributed by atoms with Crippen molar-refractivity contribution in [1.29, 1.82) is 0 Å². The fourth-order valence-corrected chi connectivity index (χ4v) is 2.90. The molecule has 3 N–H and O–H groups in total. The third kappa shape index (κ3) is 4.65. The number of carbonyl (C=O) groups excluding carboxylic acids is 1. The third-order valence-corrected chi connectivity index (χ3v) is 4.67. The molecule has 0 spiro atoms. The molecule has 6 heteroatoms. The first kappa shape index (κ1) is 15.6. The van der Waals surface area contributed by atoms with E-state index in [4.69, 9.17) is 17.3 Å². The highest BCUT2D eigenvalue weighted by Gasteiger charge is 2.36. The van der Waals surface area contributed by atoms with Gasteiger partial charge in [-0.1, -0.05) is 11.6 Å². The number of halogens is 1. The molecule has 1 aromatic rings. The van der Waals surface area contributed by atoms with E-state index in [0.29, 0.717) is 11.1 Å². The lowest BCUT2D eigenvalue weighted by atomic mass is 9.95. The third-order valence-electron chi connectivity index (χ3n) is 3.42. The molecular formula is C14H20ClN3OS. The number of aromatic nitrogens is 1. The summed E-state index contributed by atoms with van der Waals surface area (Å²) in [7, 11) is 0. The van der Waals surface area contributed by atoms with Gasteiger partial charge in [0.05, 0.1) is 15.6 Å². The number of carbonyl (C=O) groups is 1. The molecule has 4 nitrogen and oxygen atoms in total. The van der Waals surface area contributed by atoms with E-state index >= 15 is 0 Å². The molecule has 0 bridgehead atoms. The molecule has 1 aliphatic rings. The second-order valence-electron chi connectivity index (χ2n) is 5.38. The van der Waals surface area contributed by atoms with Gasteiger partial charge in [0.2, 0.25) is 5.91 Å². The summed E-state index contributed by atoms with van der Waals surface area (Å²) in [5.41, 5.74) is 4.93. The van der Waals surface area contributed by atoms with E-state index < -0.39 is 5.54 Å². The second kappa shape index (κ2) is 6.78. The van der Waals surface area contributed by atoms with Gasteiger partial charge in [-0.05, 0) is 50.5 Å². The lowest BCUT2D eigenvalue weighted by Crippen LogP contribution is -2.54. The summed E-state index contributed by atoms with van der Waals surface area (Å²) < 4.78 is 0. The predicted molar refractivity (Wildman–Crippen MR) is 83.0 cm³/mol. The van der Waals surface area contributed by atoms with Gasteiger partial charge in [-0.15, -0.1) is 11.8 Å². The molecule has 1 saturated carbocycles. The first-order valence-corrected chi connectivity index (χ1v) is 8.18. The Morgan fingerprint density at radius 3 is 2.90 bits per heavy atom. The van der Waals surface area contributed by atoms with Crippen LogP contribution in [0.4, 0.5) is 0 Å². The molecule has 2 rings (SSSR count). The van der Waals surface area contributed by atoms with E-state index in [-0.39, 0.29) is 5.91 Å². The molecule has 0 saturated heterocycles. The van der Waals surface area contributed by atoms with Gasteiger partial charge < -0.3 is 11.1 Å². The maximum atomic E-state index is 11.6. The van der Waals surface area contributed by atoms with Crippen LogP contribution in [-0.2, 0) is 4.79 Å². The number of nitrogens with one attached hydrogen (secondary N) is 1. The summed E-state index contributed by atoms with van der Waals surface area (Å²) in [6, 6.07) is 4.21. The number of nitrogens with zero attached hydrogens (tertiary/aromatic N) is 1. The average molecular weight is 314 g/mol. The number of primary amides is 1. The van der Waals surface area contributed by atoms with Crippen LogP contribution in [0, 0.1) is 0 Å². The Bertz CT molecular complexity index is 464. The normalized spacial score (nSPS) is 17.7. The molecule has 1 aromatic heterocycles. The molecule has 1 amide bonds. The van der Waals surface area contributed by atoms with E-state index in [1.165, 1.54) is 0 Å². The van der Waals surface area contributed by atoms with Crippen molar-refractivity contribution >= 4 is 29.3 Å². The van der Waals surface area contributed by atoms with Crippen molar-refractivity contribution in [3.8, 4) is 0 Å². The molecule has 1 atom stereocenters. The monoisotopic (exact) mass is 313 g/mol. The maximum Gasteiger partial charge on any atom is 0.237 e. The number of thioether (sulfide) groups is 1. The summed E-state index contributed by atoms with van der Waals surface area (Å²) in [4.78, 5) is 15.8. The van der Waals surface area contributed by atoms with Crippen molar-refractivity contribution in [3.63, 3.8) is 0 Å². The van der Waals surface area contributed by atoms with Gasteiger partial charge in [0.25, 0.3) is 0 Å². The molecule has 1 heterocycles. The number of rotatable bonds is 8. The van der Waals surface area contributed by atoms with Crippen LogP contribution < -0.4 is 11.1 Å². The Balaban J connectivity index is 1.75. The zero-order valence-corrected chi connectivity index (χ0v) is 13.1. The largest absolute Gasteiger partial charge is 0.368 e. The fraction of sp³-hybridized carbons (Fsp3) is 0.571. The Labute approximate surface area is 128 Å². The first-order chi connectivity index (χ1) is 9.49. The van der Waals surface area contributed by atoms with Gasteiger partial charge in [-0.2, -0.15) is 0 Å². The van der Waals surface area contributed by atoms with Gasteiger partial charge in [0.15, 0.2) is 0 Å². The lowest BCUT2D eigenvalue weighted by molar-refractivity contribution is -0.124. The summed E-state index contributed by atoms with van der Waals surface area (Å²) in [6.45, 7) is 1.90. The Morgan fingerprint density at radius 1 is 1.60 bits per heavy atom. The number of nitrogens with two attached hydrogens (primary N) is 1. The number of pyridine rings is 1. The summed E-state index contributed by atoms with van der Waals surface area (Å²) in [5, 5.41) is 4.95. The Hall–Kier alpha value is -0.780. The van der Waals surface area contributed by atoms with Gasteiger partial charge in [-0.25, -0.2) is 4.98 Å². The molecule has 1 unspecified atom stereocenters.